The second-order valence-corrected chi connectivity index (χ2v) is 18.5. The van der Waals surface area contributed by atoms with Gasteiger partial charge in [0.25, 0.3) is 0 Å². The first-order valence-electron chi connectivity index (χ1n) is 26.1. The van der Waals surface area contributed by atoms with Gasteiger partial charge in [-0.2, -0.15) is 0 Å². The van der Waals surface area contributed by atoms with Crippen LogP contribution in [0.2, 0.25) is 0 Å². The molecule has 4 nitrogen and oxygen atoms in total. The minimum absolute atomic E-state index is 0.0429. The number of rotatable bonds is 43. The van der Waals surface area contributed by atoms with Crippen molar-refractivity contribution in [3.63, 3.8) is 0 Å². The molecule has 0 aromatic carbocycles. The van der Waals surface area contributed by atoms with Gasteiger partial charge in [-0.1, -0.05) is 234 Å². The third-order valence-corrected chi connectivity index (χ3v) is 11.8. The van der Waals surface area contributed by atoms with Gasteiger partial charge in [0.1, 0.15) is 6.61 Å². The number of hydrogen-bond donors (Lipinski definition) is 1. The van der Waals surface area contributed by atoms with Crippen molar-refractivity contribution in [2.24, 2.45) is 0 Å². The fourth-order valence-electron chi connectivity index (χ4n) is 7.62. The largest absolute Gasteiger partial charge is 0.481 e. The number of ether oxygens (including phenoxy) is 1. The Morgan fingerprint density at radius 3 is 0.967 bits per heavy atom. The van der Waals surface area contributed by atoms with Crippen LogP contribution in [0.15, 0.2) is 46.6 Å². The summed E-state index contributed by atoms with van der Waals surface area (Å²) in [5, 5.41) is 8.52. The second kappa shape index (κ2) is 49.6. The molecule has 0 unspecified atom stereocenters. The van der Waals surface area contributed by atoms with E-state index < -0.39 is 5.97 Å². The standard InChI is InChI=1S/C38H68O2.C18H36O2/c1-7-8-9-10-11-12-13-14-15-16-17-18-19-20-21-31-38(39)40-33-32-37(6)30-24-29-36(5)28-23-27-35(4)26-22-25-34(2)3;1-2-3-4-5-6-7-8-9-10-11-12-13-14-15-16-17-18(19)20/h25,27,29,32H,7-24,26,28,30-31,33H2,1-6H3;2-17H2,1H3,(H,19,20)/b35-27+,36-29+,37-32+;. The fourth-order valence-corrected chi connectivity index (χ4v) is 7.62. The zero-order valence-corrected chi connectivity index (χ0v) is 41.6. The predicted molar refractivity (Wildman–Crippen MR) is 266 cm³/mol. The molecule has 0 fully saturated rings. The third-order valence-electron chi connectivity index (χ3n) is 11.8. The van der Waals surface area contributed by atoms with Gasteiger partial charge in [0, 0.05) is 12.8 Å². The Kier molecular flexibility index (Phi) is 49.5. The van der Waals surface area contributed by atoms with E-state index >= 15 is 0 Å². The molecule has 60 heavy (non-hydrogen) atoms. The van der Waals surface area contributed by atoms with E-state index in [0.717, 1.165) is 57.8 Å². The average molecular weight is 841 g/mol. The zero-order chi connectivity index (χ0) is 44.6. The van der Waals surface area contributed by atoms with Crippen LogP contribution < -0.4 is 0 Å². The lowest BCUT2D eigenvalue weighted by Crippen LogP contribution is -2.04. The molecule has 1 N–H and O–H groups in total. The highest BCUT2D eigenvalue weighted by molar-refractivity contribution is 5.69. The molecule has 0 bridgehead atoms. The van der Waals surface area contributed by atoms with Crippen molar-refractivity contribution < 1.29 is 19.4 Å². The summed E-state index contributed by atoms with van der Waals surface area (Å²) in [6, 6.07) is 0. The van der Waals surface area contributed by atoms with Crippen LogP contribution in [0.3, 0.4) is 0 Å². The van der Waals surface area contributed by atoms with Crippen molar-refractivity contribution >= 4 is 11.9 Å². The summed E-state index contributed by atoms with van der Waals surface area (Å²) in [6.07, 6.45) is 56.8. The van der Waals surface area contributed by atoms with Crippen LogP contribution in [0.25, 0.3) is 0 Å². The number of aliphatic carboxylic acids is 1. The van der Waals surface area contributed by atoms with Crippen molar-refractivity contribution in [1.82, 2.24) is 0 Å². The number of carboxylic acids is 1. The minimum atomic E-state index is -0.653. The lowest BCUT2D eigenvalue weighted by molar-refractivity contribution is -0.142. The summed E-state index contributed by atoms with van der Waals surface area (Å²) in [5.41, 5.74) is 5.68. The summed E-state index contributed by atoms with van der Waals surface area (Å²) >= 11 is 0. The normalized spacial score (nSPS) is 12.0. The maximum absolute atomic E-state index is 12.0. The summed E-state index contributed by atoms with van der Waals surface area (Å²) in [7, 11) is 0. The Morgan fingerprint density at radius 1 is 0.367 bits per heavy atom. The van der Waals surface area contributed by atoms with Crippen LogP contribution in [0.5, 0.6) is 0 Å². The Bertz CT molecular complexity index is 1060. The highest BCUT2D eigenvalue weighted by Crippen LogP contribution is 2.17. The SMILES string of the molecule is CCCCCCCCCCCCCCCCCC(=O)O.CCCCCCCCCCCCCCCCCC(=O)OC/C=C(\C)CC/C=C(\C)CC/C=C(\C)CCC=C(C)C. The molecule has 0 aliphatic carbocycles. The van der Waals surface area contributed by atoms with Gasteiger partial charge in [-0.3, -0.25) is 9.59 Å². The Hall–Kier alpha value is -2.10. The maximum Gasteiger partial charge on any atom is 0.306 e. The van der Waals surface area contributed by atoms with Crippen LogP contribution in [0.4, 0.5) is 0 Å². The molecule has 0 saturated heterocycles. The van der Waals surface area contributed by atoms with E-state index in [1.54, 1.807) is 0 Å². The minimum Gasteiger partial charge on any atom is -0.481 e. The van der Waals surface area contributed by atoms with E-state index in [1.807, 2.05) is 0 Å². The summed E-state index contributed by atoms with van der Waals surface area (Å²) in [5.74, 6) is -0.696. The van der Waals surface area contributed by atoms with Crippen LogP contribution in [-0.2, 0) is 14.3 Å². The Labute approximate surface area is 375 Å². The molecule has 0 heterocycles. The quantitative estimate of drug-likeness (QED) is 0.0377. The van der Waals surface area contributed by atoms with Crippen molar-refractivity contribution in [3.8, 4) is 0 Å². The van der Waals surface area contributed by atoms with Gasteiger partial charge in [0.2, 0.25) is 0 Å². The van der Waals surface area contributed by atoms with Crippen molar-refractivity contribution in [2.45, 2.75) is 292 Å². The number of unbranched alkanes of at least 4 members (excludes halogenated alkanes) is 28. The molecule has 0 amide bonds. The molecular weight excluding hydrogens is 737 g/mol. The number of esters is 1. The fraction of sp³-hybridized carbons (Fsp3) is 0.821. The third kappa shape index (κ3) is 53.9. The van der Waals surface area contributed by atoms with Gasteiger partial charge < -0.3 is 9.84 Å². The number of hydrogen-bond acceptors (Lipinski definition) is 3. The van der Waals surface area contributed by atoms with Gasteiger partial charge >= 0.3 is 11.9 Å². The predicted octanol–water partition coefficient (Wildman–Crippen LogP) is 19.3. The van der Waals surface area contributed by atoms with E-state index in [-0.39, 0.29) is 5.97 Å². The van der Waals surface area contributed by atoms with Crippen molar-refractivity contribution in [3.05, 3.63) is 46.6 Å². The molecule has 0 aliphatic heterocycles. The van der Waals surface area contributed by atoms with E-state index in [2.05, 4.69) is 72.8 Å². The smallest absolute Gasteiger partial charge is 0.306 e. The number of allylic oxidation sites excluding steroid dienone is 7. The van der Waals surface area contributed by atoms with E-state index in [1.165, 1.54) is 196 Å². The molecule has 4 heteroatoms. The molecular formula is C56H104O4. The Balaban J connectivity index is 0. The van der Waals surface area contributed by atoms with Crippen LogP contribution in [0.1, 0.15) is 292 Å². The van der Waals surface area contributed by atoms with Gasteiger partial charge in [-0.05, 0) is 92.1 Å². The van der Waals surface area contributed by atoms with Crippen LogP contribution in [-0.4, -0.2) is 23.7 Å². The zero-order valence-electron chi connectivity index (χ0n) is 41.6. The molecule has 0 atom stereocenters. The van der Waals surface area contributed by atoms with Gasteiger partial charge in [0.05, 0.1) is 0 Å². The molecule has 352 valence electrons. The van der Waals surface area contributed by atoms with Crippen molar-refractivity contribution in [1.29, 1.82) is 0 Å². The second-order valence-electron chi connectivity index (χ2n) is 18.5. The topological polar surface area (TPSA) is 63.6 Å². The van der Waals surface area contributed by atoms with Crippen molar-refractivity contribution in [2.75, 3.05) is 6.61 Å². The van der Waals surface area contributed by atoms with Gasteiger partial charge in [-0.15, -0.1) is 0 Å². The number of carboxylic acid groups (broad SMARTS) is 1. The average Bonchev–Trinajstić information content (AvgIpc) is 3.20. The first-order valence-corrected chi connectivity index (χ1v) is 26.1. The number of carbonyl (C=O) groups is 2. The monoisotopic (exact) mass is 841 g/mol. The van der Waals surface area contributed by atoms with Gasteiger partial charge in [0.15, 0.2) is 0 Å². The first-order chi connectivity index (χ1) is 29.1. The summed E-state index contributed by atoms with van der Waals surface area (Å²) in [4.78, 5) is 22.4. The molecule has 0 saturated carbocycles. The van der Waals surface area contributed by atoms with Crippen LogP contribution in [0, 0.1) is 0 Å². The molecule has 0 radical (unpaired) electrons. The van der Waals surface area contributed by atoms with E-state index in [9.17, 15) is 9.59 Å². The highest BCUT2D eigenvalue weighted by atomic mass is 16.5. The molecule has 0 spiro atoms. The summed E-state index contributed by atoms with van der Waals surface area (Å²) in [6.45, 7) is 15.9. The lowest BCUT2D eigenvalue weighted by Gasteiger charge is -2.05. The van der Waals surface area contributed by atoms with E-state index in [0.29, 0.717) is 19.4 Å². The number of carbonyl (C=O) groups excluding carboxylic acids is 1. The summed E-state index contributed by atoms with van der Waals surface area (Å²) < 4.78 is 5.43. The Morgan fingerprint density at radius 2 is 0.650 bits per heavy atom. The van der Waals surface area contributed by atoms with E-state index in [4.69, 9.17) is 9.84 Å². The maximum atomic E-state index is 12.0. The first kappa shape index (κ1) is 60.0. The van der Waals surface area contributed by atoms with Crippen LogP contribution >= 0.6 is 0 Å². The molecule has 0 aliphatic rings. The molecule has 0 aromatic rings. The highest BCUT2D eigenvalue weighted by Gasteiger charge is 2.03. The van der Waals surface area contributed by atoms with Gasteiger partial charge in [-0.25, -0.2) is 0 Å². The molecule has 0 rings (SSSR count). The molecule has 0 aromatic heterocycles. The lowest BCUT2D eigenvalue weighted by atomic mass is 10.0.